The van der Waals surface area contributed by atoms with Gasteiger partial charge in [0.15, 0.2) is 0 Å². The van der Waals surface area contributed by atoms with Crippen molar-refractivity contribution < 1.29 is 9.72 Å². The maximum Gasteiger partial charge on any atom is 0.292 e. The Labute approximate surface area is 135 Å². The fourth-order valence-electron chi connectivity index (χ4n) is 2.48. The predicted molar refractivity (Wildman–Crippen MR) is 87.6 cm³/mol. The first-order valence-electron chi connectivity index (χ1n) is 7.02. The van der Waals surface area contributed by atoms with Crippen molar-refractivity contribution in [3.63, 3.8) is 0 Å². The van der Waals surface area contributed by atoms with Crippen LogP contribution in [0.15, 0.2) is 24.3 Å². The van der Waals surface area contributed by atoms with Crippen LogP contribution in [0, 0.1) is 10.1 Å². The lowest BCUT2D eigenvalue weighted by molar-refractivity contribution is -0.384. The Morgan fingerprint density at radius 1 is 1.41 bits per heavy atom. The average Bonchev–Trinajstić information content (AvgIpc) is 2.48. The van der Waals surface area contributed by atoms with E-state index in [0.29, 0.717) is 5.69 Å². The fourth-order valence-corrected chi connectivity index (χ4v) is 2.48. The Bertz CT molecular complexity index is 521. The summed E-state index contributed by atoms with van der Waals surface area (Å²) in [7, 11) is 1.68. The zero-order valence-electron chi connectivity index (χ0n) is 12.4. The van der Waals surface area contributed by atoms with Crippen molar-refractivity contribution in [2.24, 2.45) is 0 Å². The molecule has 8 heteroatoms. The second-order valence-electron chi connectivity index (χ2n) is 5.19. The molecule has 1 aromatic carbocycles. The van der Waals surface area contributed by atoms with E-state index < -0.39 is 4.92 Å². The number of carbonyl (C=O) groups excluding carboxylic acids is 1. The van der Waals surface area contributed by atoms with Crippen LogP contribution in [0.4, 0.5) is 11.4 Å². The number of hydrogen-bond acceptors (Lipinski definition) is 5. The van der Waals surface area contributed by atoms with Crippen LogP contribution in [0.5, 0.6) is 0 Å². The van der Waals surface area contributed by atoms with Crippen molar-refractivity contribution in [2.45, 2.75) is 18.9 Å². The van der Waals surface area contributed by atoms with Crippen molar-refractivity contribution in [3.8, 4) is 0 Å². The van der Waals surface area contributed by atoms with Crippen LogP contribution in [0.2, 0.25) is 0 Å². The molecule has 122 valence electrons. The zero-order chi connectivity index (χ0) is 15.2. The number of nitro groups is 1. The summed E-state index contributed by atoms with van der Waals surface area (Å²) in [5.74, 6) is -0.109. The van der Waals surface area contributed by atoms with Crippen LogP contribution in [0.1, 0.15) is 12.8 Å². The van der Waals surface area contributed by atoms with Gasteiger partial charge >= 0.3 is 0 Å². The molecular formula is C14H21ClN4O3. The number of piperidine rings is 1. The highest BCUT2D eigenvalue weighted by Gasteiger charge is 2.20. The van der Waals surface area contributed by atoms with Gasteiger partial charge in [-0.15, -0.1) is 12.4 Å². The highest BCUT2D eigenvalue weighted by atomic mass is 35.5. The molecule has 0 aromatic heterocycles. The maximum absolute atomic E-state index is 12.0. The van der Waals surface area contributed by atoms with E-state index in [1.54, 1.807) is 30.1 Å². The Kier molecular flexibility index (Phi) is 7.07. The lowest BCUT2D eigenvalue weighted by Crippen LogP contribution is -2.45. The van der Waals surface area contributed by atoms with Crippen LogP contribution < -0.4 is 15.5 Å². The molecule has 1 heterocycles. The molecule has 2 N–H and O–H groups in total. The third kappa shape index (κ3) is 4.85. The van der Waals surface area contributed by atoms with Gasteiger partial charge in [-0.2, -0.15) is 0 Å². The molecule has 0 radical (unpaired) electrons. The molecule has 0 unspecified atom stereocenters. The summed E-state index contributed by atoms with van der Waals surface area (Å²) in [5, 5.41) is 17.2. The molecule has 1 amide bonds. The smallest absolute Gasteiger partial charge is 0.292 e. The van der Waals surface area contributed by atoms with Gasteiger partial charge < -0.3 is 15.5 Å². The number of amides is 1. The van der Waals surface area contributed by atoms with Gasteiger partial charge in [0.25, 0.3) is 5.69 Å². The topological polar surface area (TPSA) is 87.5 Å². The van der Waals surface area contributed by atoms with Crippen LogP contribution in [-0.4, -0.2) is 43.6 Å². The molecule has 1 aliphatic heterocycles. The van der Waals surface area contributed by atoms with Gasteiger partial charge in [0.1, 0.15) is 5.69 Å². The van der Waals surface area contributed by atoms with Crippen molar-refractivity contribution >= 4 is 29.7 Å². The summed E-state index contributed by atoms with van der Waals surface area (Å²) in [6, 6.07) is 6.62. The molecule has 0 bridgehead atoms. The summed E-state index contributed by atoms with van der Waals surface area (Å²) >= 11 is 0. The Morgan fingerprint density at radius 2 is 2.05 bits per heavy atom. The molecule has 1 aliphatic rings. The van der Waals surface area contributed by atoms with Gasteiger partial charge in [-0.25, -0.2) is 0 Å². The fraction of sp³-hybridized carbons (Fsp3) is 0.500. The summed E-state index contributed by atoms with van der Waals surface area (Å²) in [6.07, 6.45) is 1.84. The molecule has 22 heavy (non-hydrogen) atoms. The Hall–Kier alpha value is -1.86. The number of nitro benzene ring substituents is 1. The normalized spacial score (nSPS) is 14.8. The minimum Gasteiger partial charge on any atom is -0.360 e. The molecule has 1 saturated heterocycles. The van der Waals surface area contributed by atoms with Crippen LogP contribution in [-0.2, 0) is 4.79 Å². The van der Waals surface area contributed by atoms with Gasteiger partial charge in [-0.1, -0.05) is 12.1 Å². The van der Waals surface area contributed by atoms with E-state index in [4.69, 9.17) is 0 Å². The van der Waals surface area contributed by atoms with E-state index in [0.717, 1.165) is 25.9 Å². The summed E-state index contributed by atoms with van der Waals surface area (Å²) < 4.78 is 0. The number of rotatable bonds is 5. The van der Waals surface area contributed by atoms with Gasteiger partial charge in [-0.05, 0) is 32.0 Å². The zero-order valence-corrected chi connectivity index (χ0v) is 13.3. The molecule has 0 aliphatic carbocycles. The monoisotopic (exact) mass is 328 g/mol. The average molecular weight is 329 g/mol. The van der Waals surface area contributed by atoms with Crippen molar-refractivity contribution in [1.29, 1.82) is 0 Å². The lowest BCUT2D eigenvalue weighted by atomic mass is 10.1. The largest absolute Gasteiger partial charge is 0.360 e. The second kappa shape index (κ2) is 8.55. The van der Waals surface area contributed by atoms with E-state index in [-0.39, 0.29) is 36.6 Å². The molecule has 7 nitrogen and oxygen atoms in total. The third-order valence-corrected chi connectivity index (χ3v) is 3.57. The Morgan fingerprint density at radius 3 is 2.68 bits per heavy atom. The minimum atomic E-state index is -0.434. The highest BCUT2D eigenvalue weighted by Crippen LogP contribution is 2.26. The number of para-hydroxylation sites is 2. The number of anilines is 1. The lowest BCUT2D eigenvalue weighted by Gasteiger charge is -2.25. The number of likely N-dealkylation sites (N-methyl/N-ethyl adjacent to an activating group) is 1. The number of nitrogens with one attached hydrogen (secondary N) is 2. The van der Waals surface area contributed by atoms with Crippen molar-refractivity contribution in [1.82, 2.24) is 10.6 Å². The molecule has 0 atom stereocenters. The first-order chi connectivity index (χ1) is 10.1. The van der Waals surface area contributed by atoms with E-state index in [1.165, 1.54) is 6.07 Å². The first-order valence-corrected chi connectivity index (χ1v) is 7.02. The van der Waals surface area contributed by atoms with Crippen molar-refractivity contribution in [3.05, 3.63) is 34.4 Å². The van der Waals surface area contributed by atoms with E-state index >= 15 is 0 Å². The van der Waals surface area contributed by atoms with E-state index in [9.17, 15) is 14.9 Å². The molecule has 1 aromatic rings. The third-order valence-electron chi connectivity index (χ3n) is 3.57. The van der Waals surface area contributed by atoms with Crippen LogP contribution in [0.25, 0.3) is 0 Å². The summed E-state index contributed by atoms with van der Waals surface area (Å²) in [4.78, 5) is 24.2. The van der Waals surface area contributed by atoms with Crippen LogP contribution >= 0.6 is 12.4 Å². The number of halogens is 1. The summed E-state index contributed by atoms with van der Waals surface area (Å²) in [5.41, 5.74) is 0.456. The van der Waals surface area contributed by atoms with Gasteiger partial charge in [0.05, 0.1) is 11.5 Å². The maximum atomic E-state index is 12.0. The molecule has 0 spiro atoms. The standard InChI is InChI=1S/C14H20N4O3.ClH/c1-17(12-4-2-3-5-13(12)18(20)21)10-14(19)16-11-6-8-15-9-7-11;/h2-5,11,15H,6-10H2,1H3,(H,16,19);1H. The second-order valence-corrected chi connectivity index (χ2v) is 5.19. The van der Waals surface area contributed by atoms with E-state index in [2.05, 4.69) is 10.6 Å². The molecule has 2 rings (SSSR count). The number of benzene rings is 1. The predicted octanol–water partition coefficient (Wildman–Crippen LogP) is 1.32. The quantitative estimate of drug-likeness (QED) is 0.629. The molecular weight excluding hydrogens is 308 g/mol. The van der Waals surface area contributed by atoms with Gasteiger partial charge in [0, 0.05) is 19.2 Å². The van der Waals surface area contributed by atoms with Gasteiger partial charge in [-0.3, -0.25) is 14.9 Å². The van der Waals surface area contributed by atoms with E-state index in [1.807, 2.05) is 0 Å². The highest BCUT2D eigenvalue weighted by molar-refractivity contribution is 5.85. The minimum absolute atomic E-state index is 0. The Balaban J connectivity index is 0.00000242. The van der Waals surface area contributed by atoms with Gasteiger partial charge in [0.2, 0.25) is 5.91 Å². The molecule has 1 fully saturated rings. The van der Waals surface area contributed by atoms with Crippen LogP contribution in [0.3, 0.4) is 0 Å². The number of nitrogens with zero attached hydrogens (tertiary/aromatic N) is 2. The first kappa shape index (κ1) is 18.2. The number of hydrogen-bond donors (Lipinski definition) is 2. The van der Waals surface area contributed by atoms with Crippen molar-refractivity contribution in [2.75, 3.05) is 31.6 Å². The SMILES string of the molecule is CN(CC(=O)NC1CCNCC1)c1ccccc1[N+](=O)[O-].Cl. The molecule has 0 saturated carbocycles. The summed E-state index contributed by atoms with van der Waals surface area (Å²) in [6.45, 7) is 1.92. The number of carbonyl (C=O) groups is 1.